The molecule has 0 spiro atoms. The van der Waals surface area contributed by atoms with Crippen LogP contribution in [0.25, 0.3) is 0 Å². The normalized spacial score (nSPS) is 12.9. The number of rotatable bonds is 3. The number of esters is 1. The van der Waals surface area contributed by atoms with E-state index >= 15 is 0 Å². The average molecular weight is 228 g/mol. The highest BCUT2D eigenvalue weighted by Gasteiger charge is 2.28. The Balaban J connectivity index is 3.10. The Hall–Kier alpha value is -2.01. The topological polar surface area (TPSA) is 26.3 Å². The first-order valence-corrected chi connectivity index (χ1v) is 5.38. The molecule has 0 saturated carbocycles. The summed E-state index contributed by atoms with van der Waals surface area (Å²) in [5, 5.41) is 0. The second-order valence-corrected chi connectivity index (χ2v) is 3.94. The van der Waals surface area contributed by atoms with Crippen molar-refractivity contribution in [2.24, 2.45) is 0 Å². The Kier molecular flexibility index (Phi) is 4.12. The minimum Gasteiger partial charge on any atom is -0.438 e. The van der Waals surface area contributed by atoms with Gasteiger partial charge in [0.15, 0.2) is 5.60 Å². The van der Waals surface area contributed by atoms with E-state index < -0.39 is 11.6 Å². The van der Waals surface area contributed by atoms with Gasteiger partial charge < -0.3 is 4.74 Å². The third-order valence-electron chi connectivity index (χ3n) is 2.33. The largest absolute Gasteiger partial charge is 0.438 e. The molecular weight excluding hydrogens is 212 g/mol. The van der Waals surface area contributed by atoms with Gasteiger partial charge in [-0.25, -0.2) is 4.79 Å². The summed E-state index contributed by atoms with van der Waals surface area (Å²) in [7, 11) is 0. The smallest absolute Gasteiger partial charge is 0.334 e. The second kappa shape index (κ2) is 5.36. The van der Waals surface area contributed by atoms with Crippen LogP contribution in [0.3, 0.4) is 0 Å². The van der Waals surface area contributed by atoms with E-state index in [9.17, 15) is 4.79 Å². The van der Waals surface area contributed by atoms with Crippen molar-refractivity contribution >= 4 is 5.97 Å². The molecule has 0 aliphatic carbocycles. The fourth-order valence-corrected chi connectivity index (χ4v) is 1.42. The zero-order valence-corrected chi connectivity index (χ0v) is 10.4. The van der Waals surface area contributed by atoms with Crippen molar-refractivity contribution in [1.29, 1.82) is 0 Å². The molecule has 0 aromatic heterocycles. The van der Waals surface area contributed by atoms with Crippen LogP contribution in [-0.2, 0) is 15.1 Å². The van der Waals surface area contributed by atoms with Crippen LogP contribution in [-0.4, -0.2) is 5.97 Å². The maximum absolute atomic E-state index is 11.6. The van der Waals surface area contributed by atoms with Crippen LogP contribution >= 0.6 is 0 Å². The lowest BCUT2D eigenvalue weighted by Crippen LogP contribution is -2.27. The molecule has 0 aliphatic rings. The highest BCUT2D eigenvalue weighted by Crippen LogP contribution is 2.25. The van der Waals surface area contributed by atoms with Crippen LogP contribution in [0.5, 0.6) is 0 Å². The SMILES string of the molecule is C=C(C)C(=O)OC(C)(C#CC)c1ccccc1. The molecule has 0 N–H and O–H groups in total. The Bertz CT molecular complexity index is 477. The van der Waals surface area contributed by atoms with Gasteiger partial charge in [-0.1, -0.05) is 42.8 Å². The summed E-state index contributed by atoms with van der Waals surface area (Å²) in [6.45, 7) is 8.68. The second-order valence-electron chi connectivity index (χ2n) is 3.94. The number of hydrogen-bond acceptors (Lipinski definition) is 2. The zero-order valence-electron chi connectivity index (χ0n) is 10.4. The molecule has 1 aromatic carbocycles. The molecule has 2 nitrogen and oxygen atoms in total. The lowest BCUT2D eigenvalue weighted by atomic mass is 9.96. The van der Waals surface area contributed by atoms with Crippen molar-refractivity contribution in [3.8, 4) is 11.8 Å². The standard InChI is InChI=1S/C15H16O2/c1-5-11-15(4,17-14(16)12(2)3)13-9-7-6-8-10-13/h6-10H,2H2,1,3-4H3. The molecule has 1 aromatic rings. The van der Waals surface area contributed by atoms with E-state index in [1.165, 1.54) is 0 Å². The zero-order chi connectivity index (χ0) is 12.9. The average Bonchev–Trinajstić information content (AvgIpc) is 2.30. The minimum absolute atomic E-state index is 0.366. The first-order chi connectivity index (χ1) is 7.99. The van der Waals surface area contributed by atoms with E-state index in [1.807, 2.05) is 30.3 Å². The van der Waals surface area contributed by atoms with Crippen molar-refractivity contribution < 1.29 is 9.53 Å². The number of carbonyl (C=O) groups is 1. The predicted molar refractivity (Wildman–Crippen MR) is 68.2 cm³/mol. The van der Waals surface area contributed by atoms with Crippen molar-refractivity contribution in [1.82, 2.24) is 0 Å². The molecule has 1 rings (SSSR count). The van der Waals surface area contributed by atoms with E-state index in [-0.39, 0.29) is 0 Å². The molecule has 0 fully saturated rings. The van der Waals surface area contributed by atoms with Gasteiger partial charge in [-0.15, -0.1) is 5.92 Å². The van der Waals surface area contributed by atoms with E-state index in [2.05, 4.69) is 18.4 Å². The van der Waals surface area contributed by atoms with Gasteiger partial charge in [0.1, 0.15) is 0 Å². The third-order valence-corrected chi connectivity index (χ3v) is 2.33. The van der Waals surface area contributed by atoms with Gasteiger partial charge in [-0.3, -0.25) is 0 Å². The molecule has 0 aliphatic heterocycles. The number of hydrogen-bond donors (Lipinski definition) is 0. The van der Waals surface area contributed by atoms with Gasteiger partial charge in [-0.2, -0.15) is 0 Å². The molecule has 0 bridgehead atoms. The van der Waals surface area contributed by atoms with Gasteiger partial charge in [0, 0.05) is 11.1 Å². The molecular formula is C15H16O2. The molecule has 2 heteroatoms. The Labute approximate surface area is 102 Å². The lowest BCUT2D eigenvalue weighted by Gasteiger charge is -2.24. The first-order valence-electron chi connectivity index (χ1n) is 5.38. The van der Waals surface area contributed by atoms with Crippen molar-refractivity contribution in [2.75, 3.05) is 0 Å². The Morgan fingerprint density at radius 2 is 1.94 bits per heavy atom. The van der Waals surface area contributed by atoms with Crippen LogP contribution < -0.4 is 0 Å². The summed E-state index contributed by atoms with van der Waals surface area (Å²) in [6, 6.07) is 9.45. The molecule has 17 heavy (non-hydrogen) atoms. The fraction of sp³-hybridized carbons (Fsp3) is 0.267. The Morgan fingerprint density at radius 1 is 1.35 bits per heavy atom. The first kappa shape index (κ1) is 13.1. The maximum atomic E-state index is 11.6. The van der Waals surface area contributed by atoms with Crippen LogP contribution in [0.4, 0.5) is 0 Å². The predicted octanol–water partition coefficient (Wildman–Crippen LogP) is 3.04. The molecule has 1 unspecified atom stereocenters. The Morgan fingerprint density at radius 3 is 2.41 bits per heavy atom. The van der Waals surface area contributed by atoms with Crippen molar-refractivity contribution in [2.45, 2.75) is 26.4 Å². The maximum Gasteiger partial charge on any atom is 0.334 e. The van der Waals surface area contributed by atoms with Gasteiger partial charge in [-0.05, 0) is 20.8 Å². The monoisotopic (exact) mass is 228 g/mol. The van der Waals surface area contributed by atoms with E-state index in [0.717, 1.165) is 5.56 Å². The summed E-state index contributed by atoms with van der Waals surface area (Å²) >= 11 is 0. The van der Waals surface area contributed by atoms with E-state index in [4.69, 9.17) is 4.74 Å². The number of ether oxygens (including phenoxy) is 1. The molecule has 1 atom stereocenters. The molecule has 0 amide bonds. The van der Waals surface area contributed by atoms with Gasteiger partial charge in [0.05, 0.1) is 0 Å². The highest BCUT2D eigenvalue weighted by atomic mass is 16.6. The number of carbonyl (C=O) groups excluding carboxylic acids is 1. The minimum atomic E-state index is -0.925. The fourth-order valence-electron chi connectivity index (χ4n) is 1.42. The summed E-state index contributed by atoms with van der Waals surface area (Å²) < 4.78 is 5.41. The van der Waals surface area contributed by atoms with Crippen molar-refractivity contribution in [3.05, 3.63) is 48.0 Å². The van der Waals surface area contributed by atoms with Crippen LogP contribution in [0, 0.1) is 11.8 Å². The van der Waals surface area contributed by atoms with Gasteiger partial charge in [0.2, 0.25) is 0 Å². The van der Waals surface area contributed by atoms with Gasteiger partial charge >= 0.3 is 5.97 Å². The summed E-state index contributed by atoms with van der Waals surface area (Å²) in [6.07, 6.45) is 0. The molecule has 0 radical (unpaired) electrons. The summed E-state index contributed by atoms with van der Waals surface area (Å²) in [5.41, 5.74) is 0.292. The van der Waals surface area contributed by atoms with Crippen LogP contribution in [0.15, 0.2) is 42.5 Å². The summed E-state index contributed by atoms with van der Waals surface area (Å²) in [4.78, 5) is 11.6. The van der Waals surface area contributed by atoms with Crippen LogP contribution in [0.1, 0.15) is 26.3 Å². The molecule has 0 heterocycles. The van der Waals surface area contributed by atoms with Crippen LogP contribution in [0.2, 0.25) is 0 Å². The third kappa shape index (κ3) is 3.22. The highest BCUT2D eigenvalue weighted by molar-refractivity contribution is 5.87. The van der Waals surface area contributed by atoms with E-state index in [1.54, 1.807) is 20.8 Å². The van der Waals surface area contributed by atoms with E-state index in [0.29, 0.717) is 5.57 Å². The quantitative estimate of drug-likeness (QED) is 0.451. The molecule has 0 saturated heterocycles. The number of benzene rings is 1. The van der Waals surface area contributed by atoms with Crippen molar-refractivity contribution in [3.63, 3.8) is 0 Å². The lowest BCUT2D eigenvalue weighted by molar-refractivity contribution is -0.148. The summed E-state index contributed by atoms with van der Waals surface area (Å²) in [5.74, 6) is 5.29. The molecule has 88 valence electrons. The van der Waals surface area contributed by atoms with Gasteiger partial charge in [0.25, 0.3) is 0 Å².